The van der Waals surface area contributed by atoms with Crippen LogP contribution in [0.5, 0.6) is 0 Å². The first-order valence-electron chi connectivity index (χ1n) is 16.6. The van der Waals surface area contributed by atoms with Crippen molar-refractivity contribution in [2.75, 3.05) is 13.6 Å². The van der Waals surface area contributed by atoms with Crippen molar-refractivity contribution in [3.05, 3.63) is 12.7 Å². The SMILES string of the molecule is C=CC(=O)N(C)CCCCCCCCCCCCCCCCCCCCCCCCCCCCCC. The topological polar surface area (TPSA) is 20.3 Å². The van der Waals surface area contributed by atoms with Gasteiger partial charge < -0.3 is 4.90 Å². The second kappa shape index (κ2) is 30.4. The minimum Gasteiger partial charge on any atom is -0.342 e. The Morgan fingerprint density at radius 2 is 0.694 bits per heavy atom. The van der Waals surface area contributed by atoms with E-state index >= 15 is 0 Å². The molecule has 214 valence electrons. The van der Waals surface area contributed by atoms with Gasteiger partial charge in [0.15, 0.2) is 0 Å². The molecule has 0 saturated heterocycles. The summed E-state index contributed by atoms with van der Waals surface area (Å²) in [5.74, 6) is 0.0417. The second-order valence-electron chi connectivity index (χ2n) is 11.5. The molecule has 0 aliphatic heterocycles. The first kappa shape index (κ1) is 35.2. The van der Waals surface area contributed by atoms with Gasteiger partial charge in [-0.2, -0.15) is 0 Å². The molecule has 0 fully saturated rings. The lowest BCUT2D eigenvalue weighted by Gasteiger charge is -2.14. The van der Waals surface area contributed by atoms with Gasteiger partial charge in [0.1, 0.15) is 0 Å². The first-order chi connectivity index (χ1) is 17.7. The summed E-state index contributed by atoms with van der Waals surface area (Å²) in [5.41, 5.74) is 0. The summed E-state index contributed by atoms with van der Waals surface area (Å²) in [7, 11) is 1.87. The van der Waals surface area contributed by atoms with Crippen LogP contribution in [0, 0.1) is 0 Å². The van der Waals surface area contributed by atoms with Crippen LogP contribution in [-0.4, -0.2) is 24.4 Å². The second-order valence-corrected chi connectivity index (χ2v) is 11.5. The predicted molar refractivity (Wildman–Crippen MR) is 163 cm³/mol. The molecule has 1 amide bonds. The highest BCUT2D eigenvalue weighted by Crippen LogP contribution is 2.16. The number of likely N-dealkylation sites (N-methyl/N-ethyl adjacent to an activating group) is 1. The summed E-state index contributed by atoms with van der Waals surface area (Å²) >= 11 is 0. The monoisotopic (exact) mass is 506 g/mol. The molecule has 0 saturated carbocycles. The van der Waals surface area contributed by atoms with Gasteiger partial charge in [0, 0.05) is 13.6 Å². The van der Waals surface area contributed by atoms with Crippen molar-refractivity contribution in [2.24, 2.45) is 0 Å². The molecule has 0 aliphatic carbocycles. The Kier molecular flexibility index (Phi) is 29.8. The molecule has 2 heteroatoms. The van der Waals surface area contributed by atoms with E-state index in [2.05, 4.69) is 13.5 Å². The molecular formula is C34H67NO. The van der Waals surface area contributed by atoms with Gasteiger partial charge in [-0.1, -0.05) is 187 Å². The summed E-state index contributed by atoms with van der Waals surface area (Å²) in [6.45, 7) is 6.71. The molecule has 2 nitrogen and oxygen atoms in total. The van der Waals surface area contributed by atoms with Gasteiger partial charge in [-0.05, 0) is 12.5 Å². The van der Waals surface area contributed by atoms with Gasteiger partial charge in [-0.25, -0.2) is 0 Å². The molecule has 0 rings (SSSR count). The first-order valence-corrected chi connectivity index (χ1v) is 16.6. The van der Waals surface area contributed by atoms with Crippen LogP contribution in [0.1, 0.15) is 187 Å². The number of carbonyl (C=O) groups is 1. The quantitative estimate of drug-likeness (QED) is 0.0702. The summed E-state index contributed by atoms with van der Waals surface area (Å²) in [5, 5.41) is 0. The van der Waals surface area contributed by atoms with Crippen molar-refractivity contribution in [1.29, 1.82) is 0 Å². The number of hydrogen-bond donors (Lipinski definition) is 0. The van der Waals surface area contributed by atoms with Crippen LogP contribution in [0.4, 0.5) is 0 Å². The van der Waals surface area contributed by atoms with Crippen molar-refractivity contribution in [1.82, 2.24) is 4.90 Å². The van der Waals surface area contributed by atoms with Crippen molar-refractivity contribution in [2.45, 2.75) is 187 Å². The smallest absolute Gasteiger partial charge is 0.245 e. The maximum Gasteiger partial charge on any atom is 0.245 e. The lowest BCUT2D eigenvalue weighted by molar-refractivity contribution is -0.124. The van der Waals surface area contributed by atoms with Crippen molar-refractivity contribution in [3.8, 4) is 0 Å². The Hall–Kier alpha value is -0.790. The molecule has 0 spiro atoms. The summed E-state index contributed by atoms with van der Waals surface area (Å²) < 4.78 is 0. The van der Waals surface area contributed by atoms with E-state index in [0.717, 1.165) is 13.0 Å². The third-order valence-electron chi connectivity index (χ3n) is 7.90. The van der Waals surface area contributed by atoms with E-state index in [1.165, 1.54) is 179 Å². The van der Waals surface area contributed by atoms with E-state index in [1.54, 1.807) is 4.90 Å². The zero-order valence-electron chi connectivity index (χ0n) is 25.1. The fourth-order valence-corrected chi connectivity index (χ4v) is 5.28. The third kappa shape index (κ3) is 27.8. The van der Waals surface area contributed by atoms with Crippen LogP contribution >= 0.6 is 0 Å². The highest BCUT2D eigenvalue weighted by Gasteiger charge is 2.02. The highest BCUT2D eigenvalue weighted by molar-refractivity contribution is 5.86. The fraction of sp³-hybridized carbons (Fsp3) is 0.912. The Labute approximate surface area is 228 Å². The van der Waals surface area contributed by atoms with E-state index in [4.69, 9.17) is 0 Å². The summed E-state index contributed by atoms with van der Waals surface area (Å²) in [4.78, 5) is 13.2. The van der Waals surface area contributed by atoms with Gasteiger partial charge in [-0.3, -0.25) is 4.79 Å². The zero-order valence-corrected chi connectivity index (χ0v) is 25.1. The van der Waals surface area contributed by atoms with Crippen LogP contribution < -0.4 is 0 Å². The normalized spacial score (nSPS) is 11.2. The lowest BCUT2D eigenvalue weighted by Crippen LogP contribution is -2.25. The molecule has 0 unspecified atom stereocenters. The molecular weight excluding hydrogens is 438 g/mol. The Balaban J connectivity index is 3.08. The average Bonchev–Trinajstić information content (AvgIpc) is 2.89. The fourth-order valence-electron chi connectivity index (χ4n) is 5.28. The Morgan fingerprint density at radius 1 is 0.472 bits per heavy atom. The van der Waals surface area contributed by atoms with E-state index in [0.29, 0.717) is 0 Å². The zero-order chi connectivity index (χ0) is 26.4. The van der Waals surface area contributed by atoms with Crippen LogP contribution in [0.2, 0.25) is 0 Å². The molecule has 0 bridgehead atoms. The number of unbranched alkanes of at least 4 members (excludes halogenated alkanes) is 27. The van der Waals surface area contributed by atoms with Crippen LogP contribution in [0.15, 0.2) is 12.7 Å². The predicted octanol–water partition coefficient (Wildman–Crippen LogP) is 11.6. The summed E-state index contributed by atoms with van der Waals surface area (Å²) in [6, 6.07) is 0. The molecule has 0 aromatic heterocycles. The maximum atomic E-state index is 11.4. The van der Waals surface area contributed by atoms with Gasteiger partial charge in [0.2, 0.25) is 5.91 Å². The van der Waals surface area contributed by atoms with Crippen molar-refractivity contribution in [3.63, 3.8) is 0 Å². The van der Waals surface area contributed by atoms with E-state index in [1.807, 2.05) is 7.05 Å². The molecule has 0 atom stereocenters. The lowest BCUT2D eigenvalue weighted by atomic mass is 10.0. The van der Waals surface area contributed by atoms with Gasteiger partial charge in [-0.15, -0.1) is 0 Å². The summed E-state index contributed by atoms with van der Waals surface area (Å²) in [6.07, 6.45) is 41.4. The molecule has 0 radical (unpaired) electrons. The number of nitrogens with zero attached hydrogens (tertiary/aromatic N) is 1. The number of amides is 1. The van der Waals surface area contributed by atoms with Crippen molar-refractivity contribution < 1.29 is 4.79 Å². The minimum atomic E-state index is 0.0417. The highest BCUT2D eigenvalue weighted by atomic mass is 16.2. The van der Waals surface area contributed by atoms with E-state index < -0.39 is 0 Å². The molecule has 0 aromatic rings. The van der Waals surface area contributed by atoms with Crippen LogP contribution in [-0.2, 0) is 4.79 Å². The third-order valence-corrected chi connectivity index (χ3v) is 7.90. The molecule has 0 aromatic carbocycles. The van der Waals surface area contributed by atoms with Crippen LogP contribution in [0.3, 0.4) is 0 Å². The Morgan fingerprint density at radius 3 is 0.917 bits per heavy atom. The largest absolute Gasteiger partial charge is 0.342 e. The molecule has 0 aliphatic rings. The standard InChI is InChI=1S/C34H67NO/c1-4-6-7-8-9-10-11-12-13-14-15-16-17-18-19-20-21-22-23-24-25-26-27-28-29-30-31-32-33-35(3)34(36)5-2/h5H,2,4,6-33H2,1,3H3. The van der Waals surface area contributed by atoms with Gasteiger partial charge in [0.25, 0.3) is 0 Å². The Bertz CT molecular complexity index is 446. The average molecular weight is 506 g/mol. The number of carbonyl (C=O) groups excluding carboxylic acids is 1. The van der Waals surface area contributed by atoms with Gasteiger partial charge in [0.05, 0.1) is 0 Å². The van der Waals surface area contributed by atoms with E-state index in [-0.39, 0.29) is 5.91 Å². The number of rotatable bonds is 30. The van der Waals surface area contributed by atoms with Crippen molar-refractivity contribution >= 4 is 5.91 Å². The molecule has 0 heterocycles. The van der Waals surface area contributed by atoms with Crippen LogP contribution in [0.25, 0.3) is 0 Å². The molecule has 36 heavy (non-hydrogen) atoms. The minimum absolute atomic E-state index is 0.0417. The maximum absolute atomic E-state index is 11.4. The molecule has 0 N–H and O–H groups in total. The number of hydrogen-bond acceptors (Lipinski definition) is 1. The van der Waals surface area contributed by atoms with E-state index in [9.17, 15) is 4.79 Å². The van der Waals surface area contributed by atoms with Gasteiger partial charge >= 0.3 is 0 Å².